The maximum absolute atomic E-state index is 11.7. The minimum absolute atomic E-state index is 0.202. The monoisotopic (exact) mass is 291 g/mol. The summed E-state index contributed by atoms with van der Waals surface area (Å²) in [4.78, 5) is 34.2. The van der Waals surface area contributed by atoms with E-state index in [0.29, 0.717) is 17.9 Å². The van der Waals surface area contributed by atoms with Crippen LogP contribution in [0.1, 0.15) is 33.1 Å². The predicted molar refractivity (Wildman–Crippen MR) is 81.9 cm³/mol. The van der Waals surface area contributed by atoms with Crippen LogP contribution < -0.4 is 16.0 Å². The van der Waals surface area contributed by atoms with Crippen molar-refractivity contribution in [2.75, 3.05) is 17.2 Å². The van der Waals surface area contributed by atoms with E-state index in [4.69, 9.17) is 0 Å². The molecule has 0 radical (unpaired) electrons. The van der Waals surface area contributed by atoms with Gasteiger partial charge in [-0.15, -0.1) is 0 Å². The number of carbonyl (C=O) groups excluding carboxylic acids is 3. The Balaban J connectivity index is 2.50. The summed E-state index contributed by atoms with van der Waals surface area (Å²) in [6.45, 7) is 3.96. The van der Waals surface area contributed by atoms with Crippen LogP contribution in [0.3, 0.4) is 0 Å². The third-order valence-electron chi connectivity index (χ3n) is 2.71. The number of hydrogen-bond donors (Lipinski definition) is 3. The van der Waals surface area contributed by atoms with Gasteiger partial charge in [-0.1, -0.05) is 25.8 Å². The van der Waals surface area contributed by atoms with Crippen molar-refractivity contribution >= 4 is 29.1 Å². The fraction of sp³-hybridized carbons (Fsp3) is 0.400. The van der Waals surface area contributed by atoms with Crippen LogP contribution in [0, 0.1) is 0 Å². The summed E-state index contributed by atoms with van der Waals surface area (Å²) in [5.74, 6) is -1.57. The molecule has 0 aliphatic rings. The van der Waals surface area contributed by atoms with E-state index in [1.54, 1.807) is 24.3 Å². The van der Waals surface area contributed by atoms with Crippen LogP contribution in [0.25, 0.3) is 0 Å². The van der Waals surface area contributed by atoms with E-state index < -0.39 is 11.8 Å². The summed E-state index contributed by atoms with van der Waals surface area (Å²) < 4.78 is 0. The largest absolute Gasteiger partial charge is 0.348 e. The second-order valence-electron chi connectivity index (χ2n) is 4.68. The Bertz CT molecular complexity index is 515. The highest BCUT2D eigenvalue weighted by molar-refractivity contribution is 6.39. The Kier molecular flexibility index (Phi) is 6.94. The van der Waals surface area contributed by atoms with Crippen LogP contribution in [-0.2, 0) is 14.4 Å². The Morgan fingerprint density at radius 3 is 2.29 bits per heavy atom. The number of nitrogens with one attached hydrogen (secondary N) is 3. The van der Waals surface area contributed by atoms with Crippen molar-refractivity contribution in [1.82, 2.24) is 5.32 Å². The number of benzene rings is 1. The Morgan fingerprint density at radius 2 is 1.67 bits per heavy atom. The van der Waals surface area contributed by atoms with Crippen LogP contribution in [0.15, 0.2) is 24.3 Å². The van der Waals surface area contributed by atoms with Gasteiger partial charge in [0.15, 0.2) is 0 Å². The molecule has 3 amide bonds. The number of anilines is 2. The molecular formula is C15H21N3O3. The lowest BCUT2D eigenvalue weighted by atomic mass is 10.2. The summed E-state index contributed by atoms with van der Waals surface area (Å²) in [5, 5.41) is 7.66. The van der Waals surface area contributed by atoms with Gasteiger partial charge in [0.05, 0.1) is 0 Å². The summed E-state index contributed by atoms with van der Waals surface area (Å²) >= 11 is 0. The lowest BCUT2D eigenvalue weighted by molar-refractivity contribution is -0.136. The first-order chi connectivity index (χ1) is 10.0. The molecule has 0 aromatic heterocycles. The van der Waals surface area contributed by atoms with E-state index in [9.17, 15) is 14.4 Å². The van der Waals surface area contributed by atoms with Gasteiger partial charge in [-0.3, -0.25) is 14.4 Å². The highest BCUT2D eigenvalue weighted by Crippen LogP contribution is 2.14. The minimum Gasteiger partial charge on any atom is -0.348 e. The summed E-state index contributed by atoms with van der Waals surface area (Å²) in [6, 6.07) is 6.61. The Morgan fingerprint density at radius 1 is 1.00 bits per heavy atom. The van der Waals surface area contributed by atoms with E-state index in [-0.39, 0.29) is 5.91 Å². The number of amides is 3. The molecule has 1 aromatic carbocycles. The molecule has 3 N–H and O–H groups in total. The molecule has 0 bridgehead atoms. The molecule has 0 atom stereocenters. The van der Waals surface area contributed by atoms with Crippen LogP contribution >= 0.6 is 0 Å². The van der Waals surface area contributed by atoms with Gasteiger partial charge in [-0.2, -0.15) is 0 Å². The summed E-state index contributed by atoms with van der Waals surface area (Å²) in [5.41, 5.74) is 1.01. The number of carbonyl (C=O) groups is 3. The first-order valence-corrected chi connectivity index (χ1v) is 6.99. The molecule has 0 aliphatic carbocycles. The van der Waals surface area contributed by atoms with Crippen LogP contribution in [0.5, 0.6) is 0 Å². The van der Waals surface area contributed by atoms with Crippen LogP contribution in [-0.4, -0.2) is 24.3 Å². The SMILES string of the molecule is CCCCCNC(=O)C(=O)Nc1cccc(NC(C)=O)c1. The minimum atomic E-state index is -0.716. The lowest BCUT2D eigenvalue weighted by Gasteiger charge is -2.08. The molecule has 0 fully saturated rings. The van der Waals surface area contributed by atoms with Crippen LogP contribution in [0.4, 0.5) is 11.4 Å². The first-order valence-electron chi connectivity index (χ1n) is 6.99. The first kappa shape index (κ1) is 16.7. The van der Waals surface area contributed by atoms with Gasteiger partial charge in [-0.05, 0) is 24.6 Å². The fourth-order valence-electron chi connectivity index (χ4n) is 1.72. The molecule has 114 valence electrons. The second-order valence-corrected chi connectivity index (χ2v) is 4.68. The molecule has 0 heterocycles. The second kappa shape index (κ2) is 8.73. The molecule has 0 saturated carbocycles. The van der Waals surface area contributed by atoms with Crippen molar-refractivity contribution in [2.24, 2.45) is 0 Å². The third kappa shape index (κ3) is 6.56. The zero-order chi connectivity index (χ0) is 15.7. The Hall–Kier alpha value is -2.37. The van der Waals surface area contributed by atoms with Gasteiger partial charge >= 0.3 is 11.8 Å². The lowest BCUT2D eigenvalue weighted by Crippen LogP contribution is -2.35. The molecule has 0 saturated heterocycles. The van der Waals surface area contributed by atoms with Gasteiger partial charge < -0.3 is 16.0 Å². The van der Waals surface area contributed by atoms with E-state index in [1.807, 2.05) is 0 Å². The highest BCUT2D eigenvalue weighted by Gasteiger charge is 2.13. The van der Waals surface area contributed by atoms with Gasteiger partial charge in [-0.25, -0.2) is 0 Å². The molecule has 21 heavy (non-hydrogen) atoms. The topological polar surface area (TPSA) is 87.3 Å². The molecule has 1 rings (SSSR count). The average molecular weight is 291 g/mol. The average Bonchev–Trinajstić information content (AvgIpc) is 2.43. The van der Waals surface area contributed by atoms with E-state index >= 15 is 0 Å². The quantitative estimate of drug-likeness (QED) is 0.552. The van der Waals surface area contributed by atoms with E-state index in [2.05, 4.69) is 22.9 Å². The molecule has 0 spiro atoms. The third-order valence-corrected chi connectivity index (χ3v) is 2.71. The fourth-order valence-corrected chi connectivity index (χ4v) is 1.72. The smallest absolute Gasteiger partial charge is 0.313 e. The van der Waals surface area contributed by atoms with Crippen molar-refractivity contribution in [2.45, 2.75) is 33.1 Å². The van der Waals surface area contributed by atoms with Crippen molar-refractivity contribution < 1.29 is 14.4 Å². The number of hydrogen-bond acceptors (Lipinski definition) is 3. The number of unbranched alkanes of at least 4 members (excludes halogenated alkanes) is 2. The van der Waals surface area contributed by atoms with Crippen molar-refractivity contribution in [3.05, 3.63) is 24.3 Å². The molecule has 0 unspecified atom stereocenters. The Labute approximate surface area is 124 Å². The van der Waals surface area contributed by atoms with Crippen molar-refractivity contribution in [3.8, 4) is 0 Å². The maximum atomic E-state index is 11.7. The molecular weight excluding hydrogens is 270 g/mol. The van der Waals surface area contributed by atoms with Crippen molar-refractivity contribution in [1.29, 1.82) is 0 Å². The highest BCUT2D eigenvalue weighted by atomic mass is 16.2. The normalized spacial score (nSPS) is 9.81. The van der Waals surface area contributed by atoms with E-state index in [1.165, 1.54) is 6.92 Å². The van der Waals surface area contributed by atoms with Crippen molar-refractivity contribution in [3.63, 3.8) is 0 Å². The summed E-state index contributed by atoms with van der Waals surface area (Å²) in [7, 11) is 0. The standard InChI is InChI=1S/C15H21N3O3/c1-3-4-5-9-16-14(20)15(21)18-13-8-6-7-12(10-13)17-11(2)19/h6-8,10H,3-5,9H2,1-2H3,(H,16,20)(H,17,19)(H,18,21). The van der Waals surface area contributed by atoms with Crippen LogP contribution in [0.2, 0.25) is 0 Å². The van der Waals surface area contributed by atoms with Gasteiger partial charge in [0.1, 0.15) is 0 Å². The molecule has 0 aliphatic heterocycles. The molecule has 6 nitrogen and oxygen atoms in total. The molecule has 6 heteroatoms. The zero-order valence-corrected chi connectivity index (χ0v) is 12.4. The maximum Gasteiger partial charge on any atom is 0.313 e. The zero-order valence-electron chi connectivity index (χ0n) is 12.4. The van der Waals surface area contributed by atoms with Gasteiger partial charge in [0, 0.05) is 24.8 Å². The number of rotatable bonds is 6. The summed E-state index contributed by atoms with van der Waals surface area (Å²) in [6.07, 6.45) is 2.92. The van der Waals surface area contributed by atoms with Gasteiger partial charge in [0.2, 0.25) is 5.91 Å². The predicted octanol–water partition coefficient (Wildman–Crippen LogP) is 1.89. The molecule has 1 aromatic rings. The van der Waals surface area contributed by atoms with Gasteiger partial charge in [0.25, 0.3) is 0 Å². The van der Waals surface area contributed by atoms with E-state index in [0.717, 1.165) is 19.3 Å².